The smallest absolute Gasteiger partial charge is 0.254 e. The van der Waals surface area contributed by atoms with Crippen molar-refractivity contribution in [2.45, 2.75) is 26.3 Å². The number of nitriles is 1. The maximum absolute atomic E-state index is 12.1. The Morgan fingerprint density at radius 1 is 1.65 bits per heavy atom. The van der Waals surface area contributed by atoms with Crippen LogP contribution in [-0.4, -0.2) is 28.9 Å². The van der Waals surface area contributed by atoms with Crippen LogP contribution in [0.25, 0.3) is 0 Å². The maximum Gasteiger partial charge on any atom is 0.254 e. The van der Waals surface area contributed by atoms with Gasteiger partial charge in [0.25, 0.3) is 5.91 Å². The minimum absolute atomic E-state index is 0.224. The van der Waals surface area contributed by atoms with Crippen LogP contribution in [0.15, 0.2) is 12.1 Å². The molecule has 0 aliphatic carbocycles. The zero-order chi connectivity index (χ0) is 13.0. The number of halogens is 1. The van der Waals surface area contributed by atoms with E-state index >= 15 is 0 Å². The van der Waals surface area contributed by atoms with Crippen molar-refractivity contribution in [3.8, 4) is 6.07 Å². The second-order valence-corrected chi connectivity index (χ2v) is 4.13. The lowest BCUT2D eigenvalue weighted by atomic mass is 10.1. The van der Waals surface area contributed by atoms with Crippen molar-refractivity contribution in [3.05, 3.63) is 28.5 Å². The molecular weight excluding hydrogens is 238 g/mol. The first-order valence-electron chi connectivity index (χ1n) is 5.32. The molecule has 0 N–H and O–H groups in total. The van der Waals surface area contributed by atoms with E-state index in [1.165, 1.54) is 11.0 Å². The molecule has 1 unspecified atom stereocenters. The van der Waals surface area contributed by atoms with E-state index in [0.717, 1.165) is 5.69 Å². The average molecular weight is 252 g/mol. The van der Waals surface area contributed by atoms with Crippen LogP contribution in [0.1, 0.15) is 29.9 Å². The number of aromatic nitrogens is 1. The summed E-state index contributed by atoms with van der Waals surface area (Å²) in [4.78, 5) is 17.5. The SMILES string of the molecule is CCc1cc(C(=O)N(C)C(C)C#N)cc(Cl)n1. The number of carbonyl (C=O) groups excluding carboxylic acids is 1. The lowest BCUT2D eigenvalue weighted by Crippen LogP contribution is -2.34. The van der Waals surface area contributed by atoms with E-state index in [2.05, 4.69) is 4.98 Å². The molecule has 0 aliphatic heterocycles. The third-order valence-electron chi connectivity index (χ3n) is 2.54. The van der Waals surface area contributed by atoms with Gasteiger partial charge >= 0.3 is 0 Å². The molecule has 0 aliphatic rings. The van der Waals surface area contributed by atoms with Crippen LogP contribution in [0.5, 0.6) is 0 Å². The summed E-state index contributed by atoms with van der Waals surface area (Å²) in [7, 11) is 1.59. The summed E-state index contributed by atoms with van der Waals surface area (Å²) in [5.74, 6) is -0.224. The second-order valence-electron chi connectivity index (χ2n) is 3.74. The van der Waals surface area contributed by atoms with Gasteiger partial charge in [-0.3, -0.25) is 4.79 Å². The van der Waals surface area contributed by atoms with Gasteiger partial charge in [0.15, 0.2) is 0 Å². The first-order valence-corrected chi connectivity index (χ1v) is 5.70. The number of carbonyl (C=O) groups is 1. The van der Waals surface area contributed by atoms with Crippen LogP contribution >= 0.6 is 11.6 Å². The summed E-state index contributed by atoms with van der Waals surface area (Å²) < 4.78 is 0. The minimum atomic E-state index is -0.473. The zero-order valence-electron chi connectivity index (χ0n) is 10.1. The Kier molecular flexibility index (Phi) is 4.47. The van der Waals surface area contributed by atoms with Gasteiger partial charge in [-0.2, -0.15) is 5.26 Å². The Morgan fingerprint density at radius 3 is 2.82 bits per heavy atom. The molecule has 0 saturated heterocycles. The van der Waals surface area contributed by atoms with Gasteiger partial charge in [0.05, 0.1) is 6.07 Å². The van der Waals surface area contributed by atoms with Crippen LogP contribution in [-0.2, 0) is 6.42 Å². The molecule has 1 heterocycles. The zero-order valence-corrected chi connectivity index (χ0v) is 10.8. The highest BCUT2D eigenvalue weighted by Crippen LogP contribution is 2.14. The van der Waals surface area contributed by atoms with Crippen LogP contribution < -0.4 is 0 Å². The number of nitrogens with zero attached hydrogens (tertiary/aromatic N) is 3. The lowest BCUT2D eigenvalue weighted by molar-refractivity contribution is 0.0773. The van der Waals surface area contributed by atoms with E-state index in [9.17, 15) is 4.79 Å². The van der Waals surface area contributed by atoms with Crippen molar-refractivity contribution in [1.29, 1.82) is 5.26 Å². The number of hydrogen-bond donors (Lipinski definition) is 0. The quantitative estimate of drug-likeness (QED) is 0.775. The summed E-state index contributed by atoms with van der Waals surface area (Å²) in [6.07, 6.45) is 0.707. The topological polar surface area (TPSA) is 57.0 Å². The van der Waals surface area contributed by atoms with E-state index in [-0.39, 0.29) is 5.91 Å². The predicted octanol–water partition coefficient (Wildman–Crippen LogP) is 2.28. The van der Waals surface area contributed by atoms with Gasteiger partial charge in [0.2, 0.25) is 0 Å². The molecule has 0 radical (unpaired) electrons. The molecule has 4 nitrogen and oxygen atoms in total. The predicted molar refractivity (Wildman–Crippen MR) is 65.8 cm³/mol. The van der Waals surface area contributed by atoms with Crippen LogP contribution in [0.2, 0.25) is 5.15 Å². The Morgan fingerprint density at radius 2 is 2.29 bits per heavy atom. The number of aryl methyl sites for hydroxylation is 1. The molecule has 1 aromatic rings. The van der Waals surface area contributed by atoms with E-state index in [1.807, 2.05) is 13.0 Å². The second kappa shape index (κ2) is 5.65. The van der Waals surface area contributed by atoms with E-state index in [0.29, 0.717) is 17.1 Å². The van der Waals surface area contributed by atoms with Crippen molar-refractivity contribution in [3.63, 3.8) is 0 Å². The summed E-state index contributed by atoms with van der Waals surface area (Å²) in [5.41, 5.74) is 1.23. The van der Waals surface area contributed by atoms with Gasteiger partial charge in [-0.1, -0.05) is 18.5 Å². The molecule has 0 bridgehead atoms. The van der Waals surface area contributed by atoms with Crippen molar-refractivity contribution in [1.82, 2.24) is 9.88 Å². The van der Waals surface area contributed by atoms with Crippen molar-refractivity contribution < 1.29 is 4.79 Å². The molecule has 17 heavy (non-hydrogen) atoms. The van der Waals surface area contributed by atoms with E-state index in [4.69, 9.17) is 16.9 Å². The number of pyridine rings is 1. The van der Waals surface area contributed by atoms with Gasteiger partial charge in [0.1, 0.15) is 11.2 Å². The summed E-state index contributed by atoms with van der Waals surface area (Å²) >= 11 is 5.84. The molecule has 0 aromatic carbocycles. The first kappa shape index (κ1) is 13.5. The van der Waals surface area contributed by atoms with Gasteiger partial charge < -0.3 is 4.90 Å². The molecule has 1 atom stereocenters. The van der Waals surface area contributed by atoms with Crippen LogP contribution in [0, 0.1) is 11.3 Å². The number of rotatable bonds is 3. The summed E-state index contributed by atoms with van der Waals surface area (Å²) in [6.45, 7) is 3.61. The Hall–Kier alpha value is -1.60. The molecule has 90 valence electrons. The highest BCUT2D eigenvalue weighted by molar-refractivity contribution is 6.29. The van der Waals surface area contributed by atoms with E-state index in [1.54, 1.807) is 20.0 Å². The fraction of sp³-hybridized carbons (Fsp3) is 0.417. The first-order chi connectivity index (χ1) is 7.99. The van der Waals surface area contributed by atoms with Gasteiger partial charge in [-0.15, -0.1) is 0 Å². The highest BCUT2D eigenvalue weighted by Gasteiger charge is 2.18. The third-order valence-corrected chi connectivity index (χ3v) is 2.74. The molecule has 0 fully saturated rings. The Balaban J connectivity index is 3.04. The number of hydrogen-bond acceptors (Lipinski definition) is 3. The van der Waals surface area contributed by atoms with Crippen molar-refractivity contribution >= 4 is 17.5 Å². The number of amides is 1. The standard InChI is InChI=1S/C12H14ClN3O/c1-4-10-5-9(6-11(13)15-10)12(17)16(3)8(2)7-14/h5-6,8H,4H2,1-3H3. The van der Waals surface area contributed by atoms with Gasteiger partial charge in [-0.25, -0.2) is 4.98 Å². The average Bonchev–Trinajstić information content (AvgIpc) is 2.35. The summed E-state index contributed by atoms with van der Waals surface area (Å²) in [5, 5.41) is 9.07. The fourth-order valence-corrected chi connectivity index (χ4v) is 1.55. The molecule has 1 rings (SSSR count). The third kappa shape index (κ3) is 3.18. The highest BCUT2D eigenvalue weighted by atomic mass is 35.5. The molecule has 0 saturated carbocycles. The fourth-order valence-electron chi connectivity index (χ4n) is 1.32. The van der Waals surface area contributed by atoms with Crippen molar-refractivity contribution in [2.75, 3.05) is 7.05 Å². The molecule has 1 amide bonds. The molecule has 1 aromatic heterocycles. The van der Waals surface area contributed by atoms with Crippen LogP contribution in [0.3, 0.4) is 0 Å². The Labute approximate surface area is 106 Å². The Bertz CT molecular complexity index is 467. The van der Waals surface area contributed by atoms with E-state index < -0.39 is 6.04 Å². The summed E-state index contributed by atoms with van der Waals surface area (Å²) in [6, 6.07) is 4.76. The largest absolute Gasteiger partial charge is 0.326 e. The lowest BCUT2D eigenvalue weighted by Gasteiger charge is -2.19. The molecule has 5 heteroatoms. The minimum Gasteiger partial charge on any atom is -0.326 e. The molecule has 0 spiro atoms. The van der Waals surface area contributed by atoms with Gasteiger partial charge in [-0.05, 0) is 25.5 Å². The van der Waals surface area contributed by atoms with Crippen molar-refractivity contribution in [2.24, 2.45) is 0 Å². The maximum atomic E-state index is 12.1. The normalized spacial score (nSPS) is 11.7. The monoisotopic (exact) mass is 251 g/mol. The van der Waals surface area contributed by atoms with Gasteiger partial charge in [0, 0.05) is 18.3 Å². The molecular formula is C12H14ClN3O. The van der Waals surface area contributed by atoms with Crippen LogP contribution in [0.4, 0.5) is 0 Å².